The molecule has 17 heavy (non-hydrogen) atoms. The van der Waals surface area contributed by atoms with Gasteiger partial charge in [0.2, 0.25) is 0 Å². The number of nitrogens with zero attached hydrogens (tertiary/aromatic N) is 1. The maximum atomic E-state index is 11.8. The molecule has 0 radical (unpaired) electrons. The lowest BCUT2D eigenvalue weighted by atomic mass is 10.2. The van der Waals surface area contributed by atoms with Gasteiger partial charge in [0.25, 0.3) is 5.91 Å². The van der Waals surface area contributed by atoms with Crippen molar-refractivity contribution in [2.45, 2.75) is 18.4 Å². The van der Waals surface area contributed by atoms with Crippen LogP contribution in [-0.4, -0.2) is 11.1 Å². The zero-order chi connectivity index (χ0) is 12.3. The minimum Gasteiger partial charge on any atom is -0.361 e. The summed E-state index contributed by atoms with van der Waals surface area (Å²) in [6, 6.07) is 8.92. The first kappa shape index (κ1) is 11.7. The van der Waals surface area contributed by atoms with E-state index in [1.807, 2.05) is 6.07 Å². The molecule has 0 aliphatic heterocycles. The van der Waals surface area contributed by atoms with Gasteiger partial charge in [-0.15, -0.1) is 12.6 Å². The molecule has 1 heterocycles. The molecule has 2 aromatic rings. The van der Waals surface area contributed by atoms with Crippen LogP contribution in [0.4, 0.5) is 0 Å². The van der Waals surface area contributed by atoms with Gasteiger partial charge in [-0.2, -0.15) is 0 Å². The average Bonchev–Trinajstić information content (AvgIpc) is 2.73. The Morgan fingerprint density at radius 2 is 2.24 bits per heavy atom. The third kappa shape index (κ3) is 2.88. The predicted octanol–water partition coefficient (Wildman–Crippen LogP) is 2.20. The number of benzene rings is 1. The second kappa shape index (κ2) is 5.05. The maximum absolute atomic E-state index is 11.8. The number of aryl methyl sites for hydroxylation is 1. The molecule has 0 bridgehead atoms. The van der Waals surface area contributed by atoms with Gasteiger partial charge in [-0.1, -0.05) is 17.3 Å². The smallest absolute Gasteiger partial charge is 0.252 e. The molecule has 0 aliphatic carbocycles. The maximum Gasteiger partial charge on any atom is 0.252 e. The fourth-order valence-electron chi connectivity index (χ4n) is 1.43. The summed E-state index contributed by atoms with van der Waals surface area (Å²) in [5, 5.41) is 6.55. The lowest BCUT2D eigenvalue weighted by Crippen LogP contribution is -2.23. The Morgan fingerprint density at radius 3 is 2.88 bits per heavy atom. The van der Waals surface area contributed by atoms with Crippen LogP contribution in [0.5, 0.6) is 0 Å². The van der Waals surface area contributed by atoms with E-state index >= 15 is 0 Å². The van der Waals surface area contributed by atoms with Crippen LogP contribution in [0.1, 0.15) is 21.8 Å². The van der Waals surface area contributed by atoms with Crippen molar-refractivity contribution in [3.8, 4) is 0 Å². The molecule has 0 aliphatic rings. The monoisotopic (exact) mass is 248 g/mol. The summed E-state index contributed by atoms with van der Waals surface area (Å²) in [5.74, 6) is 0.556. The summed E-state index contributed by atoms with van der Waals surface area (Å²) < 4.78 is 4.91. The molecule has 4 nitrogen and oxygen atoms in total. The van der Waals surface area contributed by atoms with E-state index < -0.39 is 0 Å². The summed E-state index contributed by atoms with van der Waals surface area (Å²) in [5.41, 5.74) is 1.25. The molecule has 0 unspecified atom stereocenters. The highest BCUT2D eigenvalue weighted by molar-refractivity contribution is 7.80. The van der Waals surface area contributed by atoms with Gasteiger partial charge >= 0.3 is 0 Å². The number of nitrogens with one attached hydrogen (secondary N) is 1. The normalized spacial score (nSPS) is 10.2. The summed E-state index contributed by atoms with van der Waals surface area (Å²) in [4.78, 5) is 12.5. The first-order chi connectivity index (χ1) is 8.16. The van der Waals surface area contributed by atoms with Crippen LogP contribution in [0.3, 0.4) is 0 Å². The molecule has 1 aromatic heterocycles. The van der Waals surface area contributed by atoms with Crippen LogP contribution >= 0.6 is 12.6 Å². The van der Waals surface area contributed by atoms with E-state index in [0.717, 1.165) is 5.76 Å². The van der Waals surface area contributed by atoms with Gasteiger partial charge in [0.15, 0.2) is 0 Å². The number of hydrogen-bond donors (Lipinski definition) is 2. The van der Waals surface area contributed by atoms with Gasteiger partial charge < -0.3 is 9.84 Å². The van der Waals surface area contributed by atoms with Crippen molar-refractivity contribution in [2.24, 2.45) is 0 Å². The fraction of sp³-hybridized carbons (Fsp3) is 0.167. The highest BCUT2D eigenvalue weighted by Crippen LogP contribution is 2.12. The van der Waals surface area contributed by atoms with Crippen molar-refractivity contribution < 1.29 is 9.32 Å². The lowest BCUT2D eigenvalue weighted by Gasteiger charge is -2.04. The molecule has 1 aromatic carbocycles. The molecule has 0 fully saturated rings. The van der Waals surface area contributed by atoms with Crippen LogP contribution in [0.2, 0.25) is 0 Å². The molecule has 1 amide bonds. The first-order valence-electron chi connectivity index (χ1n) is 5.15. The predicted molar refractivity (Wildman–Crippen MR) is 66.1 cm³/mol. The summed E-state index contributed by atoms with van der Waals surface area (Å²) >= 11 is 4.23. The van der Waals surface area contributed by atoms with Crippen LogP contribution in [0.25, 0.3) is 0 Å². The molecule has 0 saturated heterocycles. The zero-order valence-corrected chi connectivity index (χ0v) is 10.2. The lowest BCUT2D eigenvalue weighted by molar-refractivity contribution is 0.0947. The molecule has 88 valence electrons. The SMILES string of the molecule is Cc1cc(CNC(=O)c2ccccc2S)no1. The topological polar surface area (TPSA) is 55.1 Å². The van der Waals surface area contributed by atoms with E-state index in [1.54, 1.807) is 31.2 Å². The molecule has 5 heteroatoms. The number of amides is 1. The quantitative estimate of drug-likeness (QED) is 0.819. The summed E-state index contributed by atoms with van der Waals surface area (Å²) in [7, 11) is 0. The Hall–Kier alpha value is -1.75. The van der Waals surface area contributed by atoms with Crippen molar-refractivity contribution in [1.82, 2.24) is 10.5 Å². The number of hydrogen-bond acceptors (Lipinski definition) is 4. The Balaban J connectivity index is 2.01. The van der Waals surface area contributed by atoms with Crippen LogP contribution in [0.15, 0.2) is 39.8 Å². The molecule has 0 atom stereocenters. The third-order valence-electron chi connectivity index (χ3n) is 2.26. The average molecular weight is 248 g/mol. The largest absolute Gasteiger partial charge is 0.361 e. The van der Waals surface area contributed by atoms with E-state index in [4.69, 9.17) is 4.52 Å². The highest BCUT2D eigenvalue weighted by atomic mass is 32.1. The molecule has 2 rings (SSSR count). The Kier molecular flexibility index (Phi) is 3.49. The number of carbonyl (C=O) groups excluding carboxylic acids is 1. The standard InChI is InChI=1S/C12H12N2O2S/c1-8-6-9(14-16-8)7-13-12(15)10-4-2-3-5-11(10)17/h2-6,17H,7H2,1H3,(H,13,15). The van der Waals surface area contributed by atoms with Crippen LogP contribution in [-0.2, 0) is 6.54 Å². The molecule has 0 spiro atoms. The van der Waals surface area contributed by atoms with Gasteiger partial charge in [-0.05, 0) is 19.1 Å². The van der Waals surface area contributed by atoms with Crippen molar-refractivity contribution in [2.75, 3.05) is 0 Å². The van der Waals surface area contributed by atoms with Gasteiger partial charge in [0.1, 0.15) is 11.5 Å². The van der Waals surface area contributed by atoms with Crippen molar-refractivity contribution >= 4 is 18.5 Å². The van der Waals surface area contributed by atoms with Crippen LogP contribution < -0.4 is 5.32 Å². The van der Waals surface area contributed by atoms with Crippen molar-refractivity contribution in [3.05, 3.63) is 47.3 Å². The van der Waals surface area contributed by atoms with Gasteiger partial charge in [-0.25, -0.2) is 0 Å². The number of carbonyl (C=O) groups is 1. The molecule has 1 N–H and O–H groups in total. The van der Waals surface area contributed by atoms with Crippen molar-refractivity contribution in [1.29, 1.82) is 0 Å². The highest BCUT2D eigenvalue weighted by Gasteiger charge is 2.09. The van der Waals surface area contributed by atoms with E-state index in [0.29, 0.717) is 22.7 Å². The minimum atomic E-state index is -0.170. The van der Waals surface area contributed by atoms with E-state index in [2.05, 4.69) is 23.1 Å². The fourth-order valence-corrected chi connectivity index (χ4v) is 1.70. The number of rotatable bonds is 3. The van der Waals surface area contributed by atoms with Gasteiger partial charge in [0.05, 0.1) is 12.1 Å². The summed E-state index contributed by atoms with van der Waals surface area (Å²) in [6.07, 6.45) is 0. The second-order valence-corrected chi connectivity index (χ2v) is 4.11. The van der Waals surface area contributed by atoms with Gasteiger partial charge in [-0.3, -0.25) is 4.79 Å². The number of thiol groups is 1. The van der Waals surface area contributed by atoms with Gasteiger partial charge in [0, 0.05) is 11.0 Å². The van der Waals surface area contributed by atoms with E-state index in [1.165, 1.54) is 0 Å². The Bertz CT molecular complexity index is 537. The van der Waals surface area contributed by atoms with Crippen molar-refractivity contribution in [3.63, 3.8) is 0 Å². The summed E-state index contributed by atoms with van der Waals surface area (Å²) in [6.45, 7) is 2.15. The molecular formula is C12H12N2O2S. The minimum absolute atomic E-state index is 0.170. The van der Waals surface area contributed by atoms with E-state index in [9.17, 15) is 4.79 Å². The Labute approximate surface area is 104 Å². The Morgan fingerprint density at radius 1 is 1.47 bits per heavy atom. The first-order valence-corrected chi connectivity index (χ1v) is 5.60. The zero-order valence-electron chi connectivity index (χ0n) is 9.30. The second-order valence-electron chi connectivity index (χ2n) is 3.63. The molecule has 0 saturated carbocycles. The molecular weight excluding hydrogens is 236 g/mol. The van der Waals surface area contributed by atoms with E-state index in [-0.39, 0.29) is 5.91 Å². The van der Waals surface area contributed by atoms with Crippen LogP contribution in [0, 0.1) is 6.92 Å². The number of aromatic nitrogens is 1. The third-order valence-corrected chi connectivity index (χ3v) is 2.65.